The predicted molar refractivity (Wildman–Crippen MR) is 82.9 cm³/mol. The molecule has 0 spiro atoms. The number of rotatable bonds is 5. The normalized spacial score (nSPS) is 24.0. The molecule has 0 aromatic carbocycles. The molecule has 5 heteroatoms. The summed E-state index contributed by atoms with van der Waals surface area (Å²) in [6.07, 6.45) is 1.11. The van der Waals surface area contributed by atoms with Crippen LogP contribution in [-0.2, 0) is 14.3 Å². The van der Waals surface area contributed by atoms with E-state index >= 15 is 0 Å². The highest BCUT2D eigenvalue weighted by molar-refractivity contribution is 6.00. The minimum absolute atomic E-state index is 0.00491. The number of hydrogen-bond acceptors (Lipinski definition) is 3. The molecule has 0 aliphatic carbocycles. The van der Waals surface area contributed by atoms with E-state index in [0.717, 1.165) is 0 Å². The number of carbonyl (C=O) groups excluding carboxylic acids is 2. The Kier molecular flexibility index (Phi) is 5.42. The molecule has 2 amide bonds. The Labute approximate surface area is 128 Å². The molecule has 0 saturated carbocycles. The highest BCUT2D eigenvalue weighted by Gasteiger charge is 2.52. The molecule has 1 N–H and O–H groups in total. The molecule has 0 aromatic rings. The predicted octanol–water partition coefficient (Wildman–Crippen LogP) is 1.95. The summed E-state index contributed by atoms with van der Waals surface area (Å²) < 4.78 is 5.31. The van der Waals surface area contributed by atoms with E-state index in [1.54, 1.807) is 12.0 Å². The van der Waals surface area contributed by atoms with Crippen LogP contribution in [0.4, 0.5) is 0 Å². The first-order valence-electron chi connectivity index (χ1n) is 7.79. The lowest BCUT2D eigenvalue weighted by Gasteiger charge is -2.50. The van der Waals surface area contributed by atoms with Gasteiger partial charge in [-0.25, -0.2) is 0 Å². The van der Waals surface area contributed by atoms with Crippen molar-refractivity contribution in [3.63, 3.8) is 0 Å². The van der Waals surface area contributed by atoms with Gasteiger partial charge in [-0.3, -0.25) is 9.59 Å². The molecule has 0 aromatic heterocycles. The van der Waals surface area contributed by atoms with Crippen molar-refractivity contribution in [2.45, 2.75) is 72.1 Å². The van der Waals surface area contributed by atoms with Crippen molar-refractivity contribution in [1.82, 2.24) is 10.2 Å². The third kappa shape index (κ3) is 3.23. The number of methoxy groups -OCH3 is 1. The number of hydrogen-bond donors (Lipinski definition) is 1. The van der Waals surface area contributed by atoms with E-state index in [2.05, 4.69) is 5.32 Å². The average molecular weight is 298 g/mol. The highest BCUT2D eigenvalue weighted by Crippen LogP contribution is 2.33. The van der Waals surface area contributed by atoms with Crippen LogP contribution in [0.3, 0.4) is 0 Å². The lowest BCUT2D eigenvalue weighted by atomic mass is 9.79. The van der Waals surface area contributed by atoms with Crippen molar-refractivity contribution in [3.8, 4) is 0 Å². The zero-order chi connectivity index (χ0) is 16.4. The van der Waals surface area contributed by atoms with Gasteiger partial charge in [0.15, 0.2) is 0 Å². The number of carbonyl (C=O) groups is 2. The number of nitrogens with one attached hydrogen (secondary N) is 1. The van der Waals surface area contributed by atoms with Crippen LogP contribution in [-0.4, -0.2) is 48.1 Å². The first-order chi connectivity index (χ1) is 9.63. The van der Waals surface area contributed by atoms with Gasteiger partial charge < -0.3 is 15.0 Å². The second-order valence-electron chi connectivity index (χ2n) is 7.01. The van der Waals surface area contributed by atoms with Crippen LogP contribution in [0.25, 0.3) is 0 Å². The van der Waals surface area contributed by atoms with E-state index in [0.29, 0.717) is 19.4 Å². The molecule has 0 radical (unpaired) electrons. The molecule has 2 atom stereocenters. The van der Waals surface area contributed by atoms with Crippen molar-refractivity contribution in [3.05, 3.63) is 0 Å². The van der Waals surface area contributed by atoms with Gasteiger partial charge in [-0.1, -0.05) is 34.6 Å². The van der Waals surface area contributed by atoms with Gasteiger partial charge in [-0.05, 0) is 25.2 Å². The zero-order valence-corrected chi connectivity index (χ0v) is 14.4. The fourth-order valence-corrected chi connectivity index (χ4v) is 2.95. The summed E-state index contributed by atoms with van der Waals surface area (Å²) in [4.78, 5) is 27.4. The molecule has 0 bridgehead atoms. The molecule has 1 aliphatic rings. The molecule has 1 fully saturated rings. The Hall–Kier alpha value is -1.10. The lowest BCUT2D eigenvalue weighted by Crippen LogP contribution is -2.73. The van der Waals surface area contributed by atoms with Crippen LogP contribution in [0.2, 0.25) is 0 Å². The van der Waals surface area contributed by atoms with Crippen molar-refractivity contribution < 1.29 is 14.3 Å². The minimum Gasteiger partial charge on any atom is -0.380 e. The summed E-state index contributed by atoms with van der Waals surface area (Å²) >= 11 is 0. The maximum absolute atomic E-state index is 13.0. The van der Waals surface area contributed by atoms with Gasteiger partial charge in [-0.15, -0.1) is 0 Å². The summed E-state index contributed by atoms with van der Waals surface area (Å²) in [6.45, 7) is 12.2. The maximum atomic E-state index is 13.0. The topological polar surface area (TPSA) is 58.6 Å². The summed E-state index contributed by atoms with van der Waals surface area (Å²) in [5, 5.41) is 2.95. The SMILES string of the molecule is CCC1(CC)C(=O)NC(C(C)(C)C)C(=O)N1CC(C)OC. The minimum atomic E-state index is -0.758. The number of ether oxygens (including phenoxy) is 1. The van der Waals surface area contributed by atoms with Crippen LogP contribution >= 0.6 is 0 Å². The van der Waals surface area contributed by atoms with E-state index in [9.17, 15) is 9.59 Å². The Morgan fingerprint density at radius 3 is 2.19 bits per heavy atom. The third-order valence-corrected chi connectivity index (χ3v) is 4.61. The monoisotopic (exact) mass is 298 g/mol. The largest absolute Gasteiger partial charge is 0.380 e. The average Bonchev–Trinajstić information content (AvgIpc) is 2.42. The fraction of sp³-hybridized carbons (Fsp3) is 0.875. The lowest BCUT2D eigenvalue weighted by molar-refractivity contribution is -0.163. The molecule has 1 rings (SSSR count). The Bertz CT molecular complexity index is 397. The summed E-state index contributed by atoms with van der Waals surface area (Å²) in [6, 6.07) is -0.486. The van der Waals surface area contributed by atoms with Crippen molar-refractivity contribution in [2.24, 2.45) is 5.41 Å². The second-order valence-corrected chi connectivity index (χ2v) is 7.01. The molecule has 5 nitrogen and oxygen atoms in total. The second kappa shape index (κ2) is 6.34. The van der Waals surface area contributed by atoms with Crippen LogP contribution in [0.15, 0.2) is 0 Å². The summed E-state index contributed by atoms with van der Waals surface area (Å²) in [5.74, 6) is -0.0509. The maximum Gasteiger partial charge on any atom is 0.246 e. The zero-order valence-electron chi connectivity index (χ0n) is 14.4. The molecular formula is C16H30N2O3. The summed E-state index contributed by atoms with van der Waals surface area (Å²) in [5.41, 5.74) is -1.07. The molecule has 1 saturated heterocycles. The van der Waals surface area contributed by atoms with Crippen LogP contribution < -0.4 is 5.32 Å². The van der Waals surface area contributed by atoms with Crippen molar-refractivity contribution in [2.75, 3.05) is 13.7 Å². The van der Waals surface area contributed by atoms with E-state index in [1.165, 1.54) is 0 Å². The Balaban J connectivity index is 3.23. The van der Waals surface area contributed by atoms with Gasteiger partial charge in [-0.2, -0.15) is 0 Å². The first kappa shape index (κ1) is 18.0. The quantitative estimate of drug-likeness (QED) is 0.844. The van der Waals surface area contributed by atoms with Gasteiger partial charge in [0.1, 0.15) is 11.6 Å². The van der Waals surface area contributed by atoms with Crippen LogP contribution in [0.1, 0.15) is 54.4 Å². The van der Waals surface area contributed by atoms with Gasteiger partial charge in [0.25, 0.3) is 0 Å². The van der Waals surface area contributed by atoms with E-state index < -0.39 is 11.6 Å². The van der Waals surface area contributed by atoms with Gasteiger partial charge in [0.05, 0.1) is 6.10 Å². The van der Waals surface area contributed by atoms with Gasteiger partial charge >= 0.3 is 0 Å². The van der Waals surface area contributed by atoms with E-state index in [1.807, 2.05) is 41.5 Å². The van der Waals surface area contributed by atoms with Crippen LogP contribution in [0.5, 0.6) is 0 Å². The molecule has 1 aliphatic heterocycles. The standard InChI is InChI=1S/C16H30N2O3/c1-8-16(9-2)14(20)17-12(15(4,5)6)13(19)18(16)10-11(3)21-7/h11-12H,8-10H2,1-7H3,(H,17,20). The molecular weight excluding hydrogens is 268 g/mol. The molecule has 21 heavy (non-hydrogen) atoms. The van der Waals surface area contributed by atoms with Gasteiger partial charge in [0.2, 0.25) is 11.8 Å². The highest BCUT2D eigenvalue weighted by atomic mass is 16.5. The Morgan fingerprint density at radius 1 is 1.29 bits per heavy atom. The van der Waals surface area contributed by atoms with Crippen LogP contribution in [0, 0.1) is 5.41 Å². The number of piperazine rings is 1. The molecule has 122 valence electrons. The Morgan fingerprint density at radius 2 is 1.81 bits per heavy atom. The van der Waals surface area contributed by atoms with Crippen molar-refractivity contribution >= 4 is 11.8 Å². The third-order valence-electron chi connectivity index (χ3n) is 4.61. The summed E-state index contributed by atoms with van der Waals surface area (Å²) in [7, 11) is 1.62. The smallest absolute Gasteiger partial charge is 0.246 e. The van der Waals surface area contributed by atoms with E-state index in [4.69, 9.17) is 4.74 Å². The van der Waals surface area contributed by atoms with E-state index in [-0.39, 0.29) is 23.3 Å². The molecule has 2 unspecified atom stereocenters. The first-order valence-corrected chi connectivity index (χ1v) is 7.79. The number of amides is 2. The fourth-order valence-electron chi connectivity index (χ4n) is 2.95. The molecule has 1 heterocycles. The van der Waals surface area contributed by atoms with Gasteiger partial charge in [0, 0.05) is 13.7 Å². The number of nitrogens with zero attached hydrogens (tertiary/aromatic N) is 1. The van der Waals surface area contributed by atoms with Crippen molar-refractivity contribution in [1.29, 1.82) is 0 Å².